The number of nitrogens with zero attached hydrogens (tertiary/aromatic N) is 3. The zero-order valence-electron chi connectivity index (χ0n) is 15.0. The van der Waals surface area contributed by atoms with Crippen molar-refractivity contribution in [1.82, 2.24) is 14.8 Å². The first kappa shape index (κ1) is 18.1. The molecule has 0 amide bonds. The Bertz CT molecular complexity index is 1240. The van der Waals surface area contributed by atoms with Gasteiger partial charge in [-0.2, -0.15) is 5.10 Å². The molecule has 6 nitrogen and oxygen atoms in total. The fourth-order valence-electron chi connectivity index (χ4n) is 3.01. The number of sulfone groups is 1. The molecule has 0 aliphatic carbocycles. The number of aromatic nitrogens is 3. The fourth-order valence-corrected chi connectivity index (χ4v) is 4.07. The van der Waals surface area contributed by atoms with Gasteiger partial charge in [0, 0.05) is 11.9 Å². The van der Waals surface area contributed by atoms with Gasteiger partial charge in [0.2, 0.25) is 0 Å². The van der Waals surface area contributed by atoms with Crippen molar-refractivity contribution < 1.29 is 12.8 Å². The Morgan fingerprint density at radius 3 is 2.46 bits per heavy atom. The van der Waals surface area contributed by atoms with Crippen molar-refractivity contribution in [3.8, 4) is 5.69 Å². The van der Waals surface area contributed by atoms with Crippen LogP contribution in [0.25, 0.3) is 16.7 Å². The molecular weight excluding hydrogens is 379 g/mol. The zero-order chi connectivity index (χ0) is 19.7. The predicted octanol–water partition coefficient (Wildman–Crippen LogP) is 3.71. The molecule has 0 saturated carbocycles. The van der Waals surface area contributed by atoms with Gasteiger partial charge in [0.1, 0.15) is 11.7 Å². The number of fused-ring (bicyclic) bond motifs is 1. The maximum absolute atomic E-state index is 13.1. The van der Waals surface area contributed by atoms with Crippen molar-refractivity contribution in [1.29, 1.82) is 0 Å². The lowest BCUT2D eigenvalue weighted by atomic mass is 10.2. The Morgan fingerprint density at radius 2 is 1.75 bits per heavy atom. The van der Waals surface area contributed by atoms with Gasteiger partial charge in [-0.15, -0.1) is 0 Å². The molecule has 0 atom stereocenters. The van der Waals surface area contributed by atoms with Crippen LogP contribution in [-0.4, -0.2) is 29.1 Å². The van der Waals surface area contributed by atoms with Crippen LogP contribution >= 0.6 is 0 Å². The molecule has 0 saturated heterocycles. The number of para-hydroxylation sites is 1. The van der Waals surface area contributed by atoms with Crippen LogP contribution in [-0.2, 0) is 9.84 Å². The van der Waals surface area contributed by atoms with E-state index in [2.05, 4.69) is 15.4 Å². The molecule has 8 heteroatoms. The molecule has 0 aliphatic heterocycles. The maximum Gasteiger partial charge on any atom is 0.196 e. The minimum atomic E-state index is -3.63. The lowest BCUT2D eigenvalue weighted by Gasteiger charge is -2.09. The molecule has 1 N–H and O–H groups in total. The van der Waals surface area contributed by atoms with Gasteiger partial charge >= 0.3 is 0 Å². The third kappa shape index (κ3) is 3.34. The average Bonchev–Trinajstić information content (AvgIpc) is 3.05. The summed E-state index contributed by atoms with van der Waals surface area (Å²) < 4.78 is 39.9. The van der Waals surface area contributed by atoms with Crippen molar-refractivity contribution >= 4 is 26.6 Å². The summed E-state index contributed by atoms with van der Waals surface area (Å²) in [5.41, 5.74) is 2.85. The molecule has 4 aromatic rings. The summed E-state index contributed by atoms with van der Waals surface area (Å²) in [6.45, 7) is 1.85. The molecule has 0 fully saturated rings. The van der Waals surface area contributed by atoms with Crippen LogP contribution in [0.1, 0.15) is 5.69 Å². The van der Waals surface area contributed by atoms with Gasteiger partial charge in [-0.3, -0.25) is 0 Å². The van der Waals surface area contributed by atoms with Crippen LogP contribution in [0.3, 0.4) is 0 Å². The van der Waals surface area contributed by atoms with E-state index in [9.17, 15) is 12.8 Å². The number of rotatable bonds is 5. The third-order valence-corrected chi connectivity index (χ3v) is 5.88. The Labute approximate surface area is 161 Å². The van der Waals surface area contributed by atoms with E-state index in [-0.39, 0.29) is 10.8 Å². The maximum atomic E-state index is 13.1. The molecule has 28 heavy (non-hydrogen) atoms. The predicted molar refractivity (Wildman–Crippen MR) is 106 cm³/mol. The summed E-state index contributed by atoms with van der Waals surface area (Å²) in [5.74, 6) is -0.806. The second-order valence-corrected chi connectivity index (χ2v) is 8.27. The number of hydrogen-bond acceptors (Lipinski definition) is 5. The first-order chi connectivity index (χ1) is 13.5. The highest BCUT2D eigenvalue weighted by Gasteiger charge is 2.18. The minimum Gasteiger partial charge on any atom is -0.371 e. The van der Waals surface area contributed by atoms with Crippen LogP contribution in [0.5, 0.6) is 0 Å². The van der Waals surface area contributed by atoms with Gasteiger partial charge in [-0.05, 0) is 49.4 Å². The minimum absolute atomic E-state index is 0.0587. The van der Waals surface area contributed by atoms with E-state index in [1.54, 1.807) is 16.9 Å². The van der Waals surface area contributed by atoms with Crippen molar-refractivity contribution in [2.45, 2.75) is 11.8 Å². The SMILES string of the molecule is Cc1nn(-c2ccccc2)c2nccc(NCS(=O)(=O)c3ccc(F)cc3)c12. The van der Waals surface area contributed by atoms with Gasteiger partial charge < -0.3 is 5.32 Å². The molecule has 0 radical (unpaired) electrons. The Balaban J connectivity index is 1.68. The molecule has 2 aromatic heterocycles. The molecule has 0 spiro atoms. The standard InChI is InChI=1S/C20H17FN4O2S/c1-14-19-18(23-13-28(26,27)17-9-7-15(21)8-10-17)11-12-22-20(19)25(24-14)16-5-3-2-4-6-16/h2-12H,13H2,1H3,(H,22,23). The normalized spacial score (nSPS) is 11.6. The second-order valence-electron chi connectivity index (χ2n) is 6.28. The topological polar surface area (TPSA) is 76.9 Å². The highest BCUT2D eigenvalue weighted by molar-refractivity contribution is 7.91. The monoisotopic (exact) mass is 396 g/mol. The smallest absolute Gasteiger partial charge is 0.196 e. The largest absolute Gasteiger partial charge is 0.371 e. The van der Waals surface area contributed by atoms with E-state index in [0.29, 0.717) is 11.3 Å². The summed E-state index contributed by atoms with van der Waals surface area (Å²) in [5, 5.41) is 8.28. The van der Waals surface area contributed by atoms with Crippen LogP contribution in [0.15, 0.2) is 71.8 Å². The molecule has 2 heterocycles. The number of aryl methyl sites for hydroxylation is 1. The number of halogens is 1. The van der Waals surface area contributed by atoms with Crippen LogP contribution < -0.4 is 5.32 Å². The highest BCUT2D eigenvalue weighted by atomic mass is 32.2. The van der Waals surface area contributed by atoms with Crippen LogP contribution in [0, 0.1) is 12.7 Å². The Kier molecular flexibility index (Phi) is 4.56. The molecule has 142 valence electrons. The molecular formula is C20H17FN4O2S. The summed E-state index contributed by atoms with van der Waals surface area (Å²) in [6, 6.07) is 16.1. The van der Waals surface area contributed by atoms with E-state index < -0.39 is 15.7 Å². The van der Waals surface area contributed by atoms with Gasteiger partial charge in [0.15, 0.2) is 15.5 Å². The molecule has 0 bridgehead atoms. The Morgan fingerprint density at radius 1 is 1.04 bits per heavy atom. The van der Waals surface area contributed by atoms with Crippen LogP contribution in [0.4, 0.5) is 10.1 Å². The van der Waals surface area contributed by atoms with Gasteiger partial charge in [0.05, 0.1) is 21.7 Å². The van der Waals surface area contributed by atoms with Crippen molar-refractivity contribution in [3.63, 3.8) is 0 Å². The summed E-state index contributed by atoms with van der Waals surface area (Å²) in [6.07, 6.45) is 1.61. The molecule has 0 aliphatic rings. The summed E-state index contributed by atoms with van der Waals surface area (Å²) in [4.78, 5) is 4.48. The van der Waals surface area contributed by atoms with Crippen LogP contribution in [0.2, 0.25) is 0 Å². The third-order valence-electron chi connectivity index (χ3n) is 4.37. The first-order valence-electron chi connectivity index (χ1n) is 8.58. The number of anilines is 1. The van der Waals surface area contributed by atoms with E-state index in [1.807, 2.05) is 37.3 Å². The average molecular weight is 396 g/mol. The van der Waals surface area contributed by atoms with Gasteiger partial charge in [-0.1, -0.05) is 18.2 Å². The van der Waals surface area contributed by atoms with Crippen molar-refractivity contribution in [3.05, 3.63) is 78.4 Å². The molecule has 4 rings (SSSR count). The summed E-state index contributed by atoms with van der Waals surface area (Å²) >= 11 is 0. The highest BCUT2D eigenvalue weighted by Crippen LogP contribution is 2.27. The quantitative estimate of drug-likeness (QED) is 0.521. The molecule has 2 aromatic carbocycles. The summed E-state index contributed by atoms with van der Waals surface area (Å²) in [7, 11) is -3.63. The number of nitrogens with one attached hydrogen (secondary N) is 1. The van der Waals surface area contributed by atoms with Crippen molar-refractivity contribution in [2.75, 3.05) is 11.2 Å². The van der Waals surface area contributed by atoms with E-state index >= 15 is 0 Å². The second kappa shape index (κ2) is 7.05. The number of benzene rings is 2. The number of hydrogen-bond donors (Lipinski definition) is 1. The first-order valence-corrected chi connectivity index (χ1v) is 10.2. The molecule has 0 unspecified atom stereocenters. The zero-order valence-corrected chi connectivity index (χ0v) is 15.8. The van der Waals surface area contributed by atoms with Crippen molar-refractivity contribution in [2.24, 2.45) is 0 Å². The lowest BCUT2D eigenvalue weighted by Crippen LogP contribution is -2.15. The number of pyridine rings is 1. The fraction of sp³-hybridized carbons (Fsp3) is 0.100. The van der Waals surface area contributed by atoms with E-state index in [0.717, 1.165) is 28.9 Å². The van der Waals surface area contributed by atoms with E-state index in [4.69, 9.17) is 0 Å². The lowest BCUT2D eigenvalue weighted by molar-refractivity contribution is 0.596. The van der Waals surface area contributed by atoms with Gasteiger partial charge in [0.25, 0.3) is 0 Å². The van der Waals surface area contributed by atoms with Gasteiger partial charge in [-0.25, -0.2) is 22.5 Å². The Hall–Kier alpha value is -3.26. The van der Waals surface area contributed by atoms with E-state index in [1.165, 1.54) is 12.1 Å².